The summed E-state index contributed by atoms with van der Waals surface area (Å²) in [4.78, 5) is 15.7. The molecular formula is C16H20N4O3S. The third kappa shape index (κ3) is 6.07. The Morgan fingerprint density at radius 3 is 2.33 bits per heavy atom. The molecule has 0 aliphatic carbocycles. The smallest absolute Gasteiger partial charge is 0.238 e. The molecule has 24 heavy (non-hydrogen) atoms. The predicted molar refractivity (Wildman–Crippen MR) is 90.5 cm³/mol. The van der Waals surface area contributed by atoms with Crippen molar-refractivity contribution in [3.8, 4) is 0 Å². The highest BCUT2D eigenvalue weighted by atomic mass is 32.2. The Balaban J connectivity index is 1.67. The minimum Gasteiger partial charge on any atom is -0.355 e. The van der Waals surface area contributed by atoms with Gasteiger partial charge in [-0.15, -0.1) is 0 Å². The van der Waals surface area contributed by atoms with Crippen LogP contribution in [0.2, 0.25) is 0 Å². The summed E-state index contributed by atoms with van der Waals surface area (Å²) in [5, 5.41) is 10.9. The molecule has 2 aromatic rings. The summed E-state index contributed by atoms with van der Waals surface area (Å²) >= 11 is 0. The van der Waals surface area contributed by atoms with E-state index < -0.39 is 10.0 Å². The standard InChI is InChI=1S/C16H20N4O3S/c17-24(22,23)15-3-1-13(2-4-15)7-10-20-16(21)12-19-11-14-5-8-18-9-6-14/h1-6,8-9,19H,7,10-12H2,(H,20,21)(H2,17,22,23). The normalized spacial score (nSPS) is 11.2. The fraction of sp³-hybridized carbons (Fsp3) is 0.250. The molecule has 128 valence electrons. The third-order valence-electron chi connectivity index (χ3n) is 3.35. The van der Waals surface area contributed by atoms with E-state index in [9.17, 15) is 13.2 Å². The van der Waals surface area contributed by atoms with E-state index in [1.54, 1.807) is 24.5 Å². The van der Waals surface area contributed by atoms with Crippen LogP contribution in [0.25, 0.3) is 0 Å². The lowest BCUT2D eigenvalue weighted by Gasteiger charge is -2.07. The van der Waals surface area contributed by atoms with Gasteiger partial charge in [0.05, 0.1) is 11.4 Å². The fourth-order valence-electron chi connectivity index (χ4n) is 2.08. The summed E-state index contributed by atoms with van der Waals surface area (Å²) in [6.07, 6.45) is 4.03. The molecule has 4 N–H and O–H groups in total. The highest BCUT2D eigenvalue weighted by molar-refractivity contribution is 7.89. The van der Waals surface area contributed by atoms with Gasteiger partial charge in [0.1, 0.15) is 0 Å². The van der Waals surface area contributed by atoms with E-state index in [1.807, 2.05) is 12.1 Å². The van der Waals surface area contributed by atoms with E-state index >= 15 is 0 Å². The average molecular weight is 348 g/mol. The quantitative estimate of drug-likeness (QED) is 0.629. The molecule has 0 aliphatic heterocycles. The van der Waals surface area contributed by atoms with Gasteiger partial charge < -0.3 is 10.6 Å². The van der Waals surface area contributed by atoms with Crippen molar-refractivity contribution >= 4 is 15.9 Å². The Morgan fingerprint density at radius 2 is 1.71 bits per heavy atom. The molecule has 7 nitrogen and oxygen atoms in total. The molecule has 0 spiro atoms. The Hall–Kier alpha value is -2.29. The number of benzene rings is 1. The van der Waals surface area contributed by atoms with E-state index in [2.05, 4.69) is 15.6 Å². The molecule has 0 atom stereocenters. The van der Waals surface area contributed by atoms with E-state index in [0.29, 0.717) is 19.5 Å². The first-order valence-electron chi connectivity index (χ1n) is 7.43. The van der Waals surface area contributed by atoms with Crippen molar-refractivity contribution in [3.05, 3.63) is 59.9 Å². The number of primary sulfonamides is 1. The Bertz CT molecular complexity index is 762. The number of rotatable bonds is 8. The molecule has 1 heterocycles. The number of aromatic nitrogens is 1. The van der Waals surface area contributed by atoms with Crippen molar-refractivity contribution in [1.29, 1.82) is 0 Å². The number of nitrogens with two attached hydrogens (primary N) is 1. The first-order chi connectivity index (χ1) is 11.4. The van der Waals surface area contributed by atoms with Gasteiger partial charge >= 0.3 is 0 Å². The molecule has 1 amide bonds. The van der Waals surface area contributed by atoms with Gasteiger partial charge in [-0.25, -0.2) is 13.6 Å². The Morgan fingerprint density at radius 1 is 1.04 bits per heavy atom. The molecule has 0 saturated carbocycles. The first-order valence-corrected chi connectivity index (χ1v) is 8.98. The van der Waals surface area contributed by atoms with Crippen molar-refractivity contribution in [1.82, 2.24) is 15.6 Å². The zero-order chi connectivity index (χ0) is 17.4. The number of nitrogens with one attached hydrogen (secondary N) is 2. The van der Waals surface area contributed by atoms with Crippen molar-refractivity contribution in [3.63, 3.8) is 0 Å². The lowest BCUT2D eigenvalue weighted by Crippen LogP contribution is -2.34. The minimum atomic E-state index is -3.67. The number of sulfonamides is 1. The van der Waals surface area contributed by atoms with Crippen LogP contribution >= 0.6 is 0 Å². The van der Waals surface area contributed by atoms with Gasteiger partial charge in [-0.3, -0.25) is 9.78 Å². The number of nitrogens with zero attached hydrogens (tertiary/aromatic N) is 1. The zero-order valence-electron chi connectivity index (χ0n) is 13.1. The van der Waals surface area contributed by atoms with Crippen molar-refractivity contribution in [2.75, 3.05) is 13.1 Å². The van der Waals surface area contributed by atoms with Crippen LogP contribution in [-0.4, -0.2) is 32.4 Å². The van der Waals surface area contributed by atoms with Crippen LogP contribution in [0.15, 0.2) is 53.7 Å². The summed E-state index contributed by atoms with van der Waals surface area (Å²) in [5.41, 5.74) is 1.99. The lowest BCUT2D eigenvalue weighted by atomic mass is 10.1. The highest BCUT2D eigenvalue weighted by Crippen LogP contribution is 2.08. The molecule has 0 aliphatic rings. The number of pyridine rings is 1. The monoisotopic (exact) mass is 348 g/mol. The molecule has 1 aromatic heterocycles. The highest BCUT2D eigenvalue weighted by Gasteiger charge is 2.07. The van der Waals surface area contributed by atoms with Gasteiger partial charge in [0.15, 0.2) is 0 Å². The summed E-state index contributed by atoms with van der Waals surface area (Å²) < 4.78 is 22.3. The number of amides is 1. The fourth-order valence-corrected chi connectivity index (χ4v) is 2.59. The zero-order valence-corrected chi connectivity index (χ0v) is 13.9. The minimum absolute atomic E-state index is 0.0793. The van der Waals surface area contributed by atoms with Crippen LogP contribution in [0.1, 0.15) is 11.1 Å². The van der Waals surface area contributed by atoms with E-state index in [4.69, 9.17) is 5.14 Å². The maximum atomic E-state index is 11.7. The maximum absolute atomic E-state index is 11.7. The van der Waals surface area contributed by atoms with Gasteiger partial charge in [-0.1, -0.05) is 12.1 Å². The summed E-state index contributed by atoms with van der Waals surface area (Å²) in [7, 11) is -3.67. The molecule has 0 bridgehead atoms. The molecule has 0 unspecified atom stereocenters. The number of carbonyl (C=O) groups excluding carboxylic acids is 1. The number of carbonyl (C=O) groups is 1. The Kier molecular flexibility index (Phi) is 6.42. The van der Waals surface area contributed by atoms with Gasteiger partial charge in [0.2, 0.25) is 15.9 Å². The van der Waals surface area contributed by atoms with E-state index in [0.717, 1.165) is 11.1 Å². The molecule has 2 rings (SSSR count). The largest absolute Gasteiger partial charge is 0.355 e. The SMILES string of the molecule is NS(=O)(=O)c1ccc(CCNC(=O)CNCc2ccncc2)cc1. The number of hydrogen-bond donors (Lipinski definition) is 3. The van der Waals surface area contributed by atoms with Gasteiger partial charge in [0, 0.05) is 25.5 Å². The van der Waals surface area contributed by atoms with Crippen molar-refractivity contribution in [2.24, 2.45) is 5.14 Å². The van der Waals surface area contributed by atoms with E-state index in [1.165, 1.54) is 12.1 Å². The molecule has 0 radical (unpaired) electrons. The van der Waals surface area contributed by atoms with Crippen LogP contribution < -0.4 is 15.8 Å². The summed E-state index contributed by atoms with van der Waals surface area (Å²) in [6.45, 7) is 1.31. The van der Waals surface area contributed by atoms with Gasteiger partial charge in [-0.05, 0) is 41.8 Å². The molecule has 0 fully saturated rings. The van der Waals surface area contributed by atoms with Crippen LogP contribution in [0.3, 0.4) is 0 Å². The second kappa shape index (κ2) is 8.53. The number of hydrogen-bond acceptors (Lipinski definition) is 5. The average Bonchev–Trinajstić information content (AvgIpc) is 2.55. The topological polar surface area (TPSA) is 114 Å². The van der Waals surface area contributed by atoms with Gasteiger partial charge in [-0.2, -0.15) is 0 Å². The van der Waals surface area contributed by atoms with E-state index in [-0.39, 0.29) is 17.3 Å². The summed E-state index contributed by atoms with van der Waals surface area (Å²) in [6, 6.07) is 10.1. The van der Waals surface area contributed by atoms with Crippen LogP contribution in [0.4, 0.5) is 0 Å². The maximum Gasteiger partial charge on any atom is 0.238 e. The Labute approximate surface area is 141 Å². The van der Waals surface area contributed by atoms with Crippen LogP contribution in [0, 0.1) is 0 Å². The van der Waals surface area contributed by atoms with Crippen LogP contribution in [-0.2, 0) is 27.8 Å². The predicted octanol–water partition coefficient (Wildman–Crippen LogP) is 0.178. The molecule has 0 saturated heterocycles. The molecular weight excluding hydrogens is 328 g/mol. The van der Waals surface area contributed by atoms with Crippen molar-refractivity contribution in [2.45, 2.75) is 17.9 Å². The molecule has 1 aromatic carbocycles. The third-order valence-corrected chi connectivity index (χ3v) is 4.28. The lowest BCUT2D eigenvalue weighted by molar-refractivity contribution is -0.120. The van der Waals surface area contributed by atoms with Crippen molar-refractivity contribution < 1.29 is 13.2 Å². The van der Waals surface area contributed by atoms with Crippen LogP contribution in [0.5, 0.6) is 0 Å². The summed E-state index contributed by atoms with van der Waals surface area (Å²) in [5.74, 6) is -0.0924. The first kappa shape index (κ1) is 18.1. The molecule has 8 heteroatoms. The van der Waals surface area contributed by atoms with Gasteiger partial charge in [0.25, 0.3) is 0 Å². The second-order valence-corrected chi connectivity index (χ2v) is 6.81. The second-order valence-electron chi connectivity index (χ2n) is 5.25.